The van der Waals surface area contributed by atoms with Gasteiger partial charge >= 0.3 is 5.97 Å². The Morgan fingerprint density at radius 2 is 1.48 bits per heavy atom. The van der Waals surface area contributed by atoms with Gasteiger partial charge in [0.05, 0.1) is 6.61 Å². The Hall–Kier alpha value is -3.66. The highest BCUT2D eigenvalue weighted by Gasteiger charge is 2.20. The summed E-state index contributed by atoms with van der Waals surface area (Å²) in [6.07, 6.45) is 1.62. The molecule has 4 aromatic rings. The zero-order valence-corrected chi connectivity index (χ0v) is 19.4. The molecule has 0 bridgehead atoms. The molecule has 0 saturated heterocycles. The van der Waals surface area contributed by atoms with Gasteiger partial charge in [-0.2, -0.15) is 0 Å². The second-order valence-electron chi connectivity index (χ2n) is 8.48. The molecule has 0 radical (unpaired) electrons. The van der Waals surface area contributed by atoms with E-state index in [1.54, 1.807) is 13.0 Å². The number of benzene rings is 3. The van der Waals surface area contributed by atoms with Crippen molar-refractivity contribution in [1.29, 1.82) is 0 Å². The Morgan fingerprint density at radius 3 is 2.06 bits per heavy atom. The van der Waals surface area contributed by atoms with Crippen LogP contribution in [0.3, 0.4) is 0 Å². The van der Waals surface area contributed by atoms with Crippen LogP contribution in [0.15, 0.2) is 83.4 Å². The molecule has 3 aromatic carbocycles. The third kappa shape index (κ3) is 5.40. The van der Waals surface area contributed by atoms with E-state index < -0.39 is 5.97 Å². The number of carbonyl (C=O) groups excluding carboxylic acids is 1. The Labute approximate surface area is 195 Å². The topological polar surface area (TPSA) is 52.3 Å². The number of aromatic nitrogens is 1. The maximum absolute atomic E-state index is 12.2. The third-order valence-electron chi connectivity index (χ3n) is 5.72. The quantitative estimate of drug-likeness (QED) is 0.283. The minimum absolute atomic E-state index is 0.192. The fourth-order valence-corrected chi connectivity index (χ4v) is 4.11. The van der Waals surface area contributed by atoms with Crippen molar-refractivity contribution in [3.8, 4) is 11.3 Å². The summed E-state index contributed by atoms with van der Waals surface area (Å²) in [7, 11) is 0. The normalized spacial score (nSPS) is 11.0. The summed E-state index contributed by atoms with van der Waals surface area (Å²) in [6.45, 7) is 6.48. The number of ether oxygens (including phenoxy) is 1. The van der Waals surface area contributed by atoms with Crippen LogP contribution in [0.25, 0.3) is 11.3 Å². The molecular weight excluding hydrogens is 410 g/mol. The van der Waals surface area contributed by atoms with Gasteiger partial charge in [-0.05, 0) is 59.6 Å². The number of carbonyl (C=O) groups is 1. The average molecular weight is 440 g/mol. The molecule has 33 heavy (non-hydrogen) atoms. The van der Waals surface area contributed by atoms with Gasteiger partial charge < -0.3 is 9.26 Å². The van der Waals surface area contributed by atoms with Crippen molar-refractivity contribution in [2.24, 2.45) is 0 Å². The molecule has 0 atom stereocenters. The Morgan fingerprint density at radius 1 is 0.879 bits per heavy atom. The fourth-order valence-electron chi connectivity index (χ4n) is 4.11. The maximum atomic E-state index is 12.2. The molecule has 168 valence electrons. The lowest BCUT2D eigenvalue weighted by atomic mass is 9.86. The molecule has 0 saturated carbocycles. The van der Waals surface area contributed by atoms with Crippen LogP contribution in [0.1, 0.15) is 65.0 Å². The molecule has 0 N–H and O–H groups in total. The van der Waals surface area contributed by atoms with E-state index in [4.69, 9.17) is 9.26 Å². The molecule has 4 rings (SSSR count). The largest absolute Gasteiger partial charge is 0.461 e. The van der Waals surface area contributed by atoms with Crippen LogP contribution in [-0.4, -0.2) is 17.7 Å². The van der Waals surface area contributed by atoms with Crippen LogP contribution in [-0.2, 0) is 17.6 Å². The minimum Gasteiger partial charge on any atom is -0.461 e. The van der Waals surface area contributed by atoms with Gasteiger partial charge in [0.2, 0.25) is 0 Å². The number of rotatable bonds is 8. The monoisotopic (exact) mass is 439 g/mol. The van der Waals surface area contributed by atoms with Crippen LogP contribution in [0.5, 0.6) is 0 Å². The van der Waals surface area contributed by atoms with Crippen LogP contribution >= 0.6 is 0 Å². The predicted octanol–water partition coefficient (Wildman–Crippen LogP) is 6.82. The van der Waals surface area contributed by atoms with E-state index in [1.807, 2.05) is 12.1 Å². The summed E-state index contributed by atoms with van der Waals surface area (Å²) in [5.41, 5.74) is 7.35. The van der Waals surface area contributed by atoms with Crippen LogP contribution in [0.4, 0.5) is 0 Å². The van der Waals surface area contributed by atoms with E-state index >= 15 is 0 Å². The Balaban J connectivity index is 1.81. The maximum Gasteiger partial charge on any atom is 0.360 e. The number of nitrogens with zero attached hydrogens (tertiary/aromatic N) is 1. The lowest BCUT2D eigenvalue weighted by Gasteiger charge is -2.18. The molecule has 0 unspecified atom stereocenters. The van der Waals surface area contributed by atoms with E-state index in [9.17, 15) is 4.79 Å². The first-order chi connectivity index (χ1) is 16.0. The van der Waals surface area contributed by atoms with Crippen molar-refractivity contribution < 1.29 is 14.1 Å². The molecule has 0 amide bonds. The summed E-state index contributed by atoms with van der Waals surface area (Å²) >= 11 is 0. The standard InChI is InChI=1S/C29H29NO3/c1-4-32-29(31)27-19-28(33-30-27)26-18-25(20(2)3)23(15-21-11-7-5-8-12-21)17-24(26)16-22-13-9-6-10-14-22/h5-14,17-20H,4,15-16H2,1-3H3. The van der Waals surface area contributed by atoms with Gasteiger partial charge in [-0.1, -0.05) is 85.7 Å². The van der Waals surface area contributed by atoms with E-state index in [2.05, 4.69) is 79.7 Å². The van der Waals surface area contributed by atoms with Gasteiger partial charge in [-0.15, -0.1) is 0 Å². The first-order valence-corrected chi connectivity index (χ1v) is 11.4. The highest BCUT2D eigenvalue weighted by molar-refractivity contribution is 5.88. The Bertz CT molecular complexity index is 1210. The predicted molar refractivity (Wildman–Crippen MR) is 130 cm³/mol. The molecule has 0 aliphatic heterocycles. The van der Waals surface area contributed by atoms with Gasteiger partial charge in [-0.3, -0.25) is 0 Å². The molecule has 0 aliphatic rings. The van der Waals surface area contributed by atoms with Crippen LogP contribution in [0, 0.1) is 0 Å². The molecule has 1 heterocycles. The minimum atomic E-state index is -0.470. The van der Waals surface area contributed by atoms with Gasteiger partial charge in [-0.25, -0.2) is 4.79 Å². The summed E-state index contributed by atoms with van der Waals surface area (Å²) < 4.78 is 10.7. The fraction of sp³-hybridized carbons (Fsp3) is 0.241. The second-order valence-corrected chi connectivity index (χ2v) is 8.48. The number of hydrogen-bond donors (Lipinski definition) is 0. The van der Waals surface area contributed by atoms with Crippen molar-refractivity contribution in [2.75, 3.05) is 6.61 Å². The first kappa shape index (κ1) is 22.5. The summed E-state index contributed by atoms with van der Waals surface area (Å²) in [5.74, 6) is 0.444. The van der Waals surface area contributed by atoms with E-state index in [0.717, 1.165) is 24.0 Å². The first-order valence-electron chi connectivity index (χ1n) is 11.4. The lowest BCUT2D eigenvalue weighted by Crippen LogP contribution is -2.04. The van der Waals surface area contributed by atoms with Crippen molar-refractivity contribution in [1.82, 2.24) is 5.16 Å². The second kappa shape index (κ2) is 10.3. The van der Waals surface area contributed by atoms with Gasteiger partial charge in [0.25, 0.3) is 0 Å². The summed E-state index contributed by atoms with van der Waals surface area (Å²) in [5, 5.41) is 3.97. The average Bonchev–Trinajstić information content (AvgIpc) is 3.31. The molecular formula is C29H29NO3. The van der Waals surface area contributed by atoms with Crippen molar-refractivity contribution in [3.05, 3.63) is 112 Å². The SMILES string of the molecule is CCOC(=O)c1cc(-c2cc(C(C)C)c(Cc3ccccc3)cc2Cc2ccccc2)on1. The molecule has 0 fully saturated rings. The highest BCUT2D eigenvalue weighted by atomic mass is 16.5. The van der Waals surface area contributed by atoms with Crippen LogP contribution in [0.2, 0.25) is 0 Å². The highest BCUT2D eigenvalue weighted by Crippen LogP contribution is 2.34. The van der Waals surface area contributed by atoms with Crippen LogP contribution < -0.4 is 0 Å². The number of esters is 1. The van der Waals surface area contributed by atoms with E-state index in [1.165, 1.54) is 22.3 Å². The lowest BCUT2D eigenvalue weighted by molar-refractivity contribution is 0.0514. The molecule has 4 nitrogen and oxygen atoms in total. The molecule has 1 aromatic heterocycles. The summed E-state index contributed by atoms with van der Waals surface area (Å²) in [6, 6.07) is 27.1. The van der Waals surface area contributed by atoms with E-state index in [0.29, 0.717) is 18.3 Å². The Kier molecular flexibility index (Phi) is 7.04. The van der Waals surface area contributed by atoms with Gasteiger partial charge in [0.15, 0.2) is 11.5 Å². The smallest absolute Gasteiger partial charge is 0.360 e. The van der Waals surface area contributed by atoms with Gasteiger partial charge in [0.1, 0.15) is 0 Å². The van der Waals surface area contributed by atoms with Crippen molar-refractivity contribution in [2.45, 2.75) is 39.5 Å². The molecule has 4 heteroatoms. The third-order valence-corrected chi connectivity index (χ3v) is 5.72. The molecule has 0 aliphatic carbocycles. The van der Waals surface area contributed by atoms with Crippen molar-refractivity contribution >= 4 is 5.97 Å². The summed E-state index contributed by atoms with van der Waals surface area (Å²) in [4.78, 5) is 12.2. The molecule has 0 spiro atoms. The van der Waals surface area contributed by atoms with Crippen molar-refractivity contribution in [3.63, 3.8) is 0 Å². The zero-order valence-electron chi connectivity index (χ0n) is 19.4. The zero-order chi connectivity index (χ0) is 23.2. The van der Waals surface area contributed by atoms with E-state index in [-0.39, 0.29) is 5.69 Å². The number of hydrogen-bond acceptors (Lipinski definition) is 4. The van der Waals surface area contributed by atoms with Gasteiger partial charge in [0, 0.05) is 11.6 Å².